The van der Waals surface area contributed by atoms with Crippen molar-refractivity contribution in [2.45, 2.75) is 51.9 Å². The number of rotatable bonds is 5. The van der Waals surface area contributed by atoms with Crippen molar-refractivity contribution in [2.75, 3.05) is 6.54 Å². The van der Waals surface area contributed by atoms with Crippen molar-refractivity contribution >= 4 is 22.0 Å². The van der Waals surface area contributed by atoms with Gasteiger partial charge in [-0.25, -0.2) is 4.79 Å². The Labute approximate surface area is 139 Å². The highest BCUT2D eigenvalue weighted by molar-refractivity contribution is 9.10. The van der Waals surface area contributed by atoms with Gasteiger partial charge in [0.2, 0.25) is 0 Å². The number of alkyl carbamates (subject to hydrolysis) is 1. The predicted octanol–water partition coefficient (Wildman–Crippen LogP) is 3.07. The lowest BCUT2D eigenvalue weighted by Gasteiger charge is -2.22. The number of halogens is 1. The lowest BCUT2D eigenvalue weighted by molar-refractivity contribution is 0.0119. The maximum Gasteiger partial charge on any atom is 0.407 e. The molecule has 0 fully saturated rings. The van der Waals surface area contributed by atoms with Gasteiger partial charge in [0, 0.05) is 11.0 Å². The van der Waals surface area contributed by atoms with Crippen LogP contribution >= 0.6 is 15.9 Å². The number of ether oxygens (including phenoxy) is 1. The summed E-state index contributed by atoms with van der Waals surface area (Å²) in [4.78, 5) is 11.5. The second kappa shape index (κ2) is 7.94. The maximum atomic E-state index is 11.5. The first-order valence-corrected chi connectivity index (χ1v) is 7.98. The van der Waals surface area contributed by atoms with E-state index in [-0.39, 0.29) is 13.0 Å². The number of aliphatic hydroxyl groups is 2. The number of carbonyl (C=O) groups is 1. The first-order chi connectivity index (χ1) is 10.1. The number of carbonyl (C=O) groups excluding carboxylic acids is 1. The van der Waals surface area contributed by atoms with Crippen LogP contribution in [0.1, 0.15) is 44.4 Å². The van der Waals surface area contributed by atoms with Gasteiger partial charge in [0.25, 0.3) is 0 Å². The number of hydrogen-bond donors (Lipinski definition) is 3. The van der Waals surface area contributed by atoms with Gasteiger partial charge in [0.1, 0.15) is 11.7 Å². The third-order valence-corrected chi connectivity index (χ3v) is 3.53. The molecule has 0 radical (unpaired) electrons. The second-order valence-electron chi connectivity index (χ2n) is 6.23. The van der Waals surface area contributed by atoms with Crippen molar-refractivity contribution in [3.05, 3.63) is 33.8 Å². The Hall–Kier alpha value is -1.11. The second-order valence-corrected chi connectivity index (χ2v) is 7.15. The molecule has 0 aliphatic heterocycles. The minimum atomic E-state index is -1.00. The SMILES string of the molecule is Cc1ccc(Br)cc1C(O)C(O)CCNC(=O)OC(C)(C)C. The molecule has 0 saturated heterocycles. The standard InChI is InChI=1S/C16H24BrNO4/c1-10-5-6-11(17)9-12(10)14(20)13(19)7-8-18-15(21)22-16(2,3)4/h5-6,9,13-14,19-20H,7-8H2,1-4H3,(H,18,21). The molecule has 22 heavy (non-hydrogen) atoms. The monoisotopic (exact) mass is 373 g/mol. The Kier molecular flexibility index (Phi) is 6.84. The molecule has 1 aromatic rings. The van der Waals surface area contributed by atoms with Crippen LogP contribution in [0.2, 0.25) is 0 Å². The summed E-state index contributed by atoms with van der Waals surface area (Å²) in [6.45, 7) is 7.43. The largest absolute Gasteiger partial charge is 0.444 e. The Balaban J connectivity index is 2.50. The average molecular weight is 374 g/mol. The molecular weight excluding hydrogens is 350 g/mol. The van der Waals surface area contributed by atoms with Crippen LogP contribution in [0, 0.1) is 6.92 Å². The molecule has 2 atom stereocenters. The molecule has 0 aliphatic carbocycles. The number of aryl methyl sites for hydroxylation is 1. The van der Waals surface area contributed by atoms with E-state index in [1.54, 1.807) is 26.8 Å². The van der Waals surface area contributed by atoms with Crippen LogP contribution in [-0.4, -0.2) is 34.6 Å². The van der Waals surface area contributed by atoms with Gasteiger partial charge in [-0.2, -0.15) is 0 Å². The van der Waals surface area contributed by atoms with E-state index in [0.29, 0.717) is 5.56 Å². The number of nitrogens with one attached hydrogen (secondary N) is 1. The molecule has 1 aromatic carbocycles. The van der Waals surface area contributed by atoms with E-state index >= 15 is 0 Å². The van der Waals surface area contributed by atoms with Crippen LogP contribution in [0.3, 0.4) is 0 Å². The van der Waals surface area contributed by atoms with Gasteiger partial charge in [0.15, 0.2) is 0 Å². The Morgan fingerprint density at radius 1 is 1.36 bits per heavy atom. The molecule has 0 aromatic heterocycles. The summed E-state index contributed by atoms with van der Waals surface area (Å²) in [5.74, 6) is 0. The van der Waals surface area contributed by atoms with Gasteiger partial charge in [-0.15, -0.1) is 0 Å². The fourth-order valence-electron chi connectivity index (χ4n) is 1.93. The summed E-state index contributed by atoms with van der Waals surface area (Å²) in [6.07, 6.45) is -2.28. The lowest BCUT2D eigenvalue weighted by atomic mass is 9.98. The van der Waals surface area contributed by atoms with Crippen molar-refractivity contribution in [2.24, 2.45) is 0 Å². The van der Waals surface area contributed by atoms with E-state index in [1.165, 1.54) is 0 Å². The van der Waals surface area contributed by atoms with E-state index in [4.69, 9.17) is 4.74 Å². The summed E-state index contributed by atoms with van der Waals surface area (Å²) < 4.78 is 5.94. The van der Waals surface area contributed by atoms with Gasteiger partial charge in [0.05, 0.1) is 6.10 Å². The van der Waals surface area contributed by atoms with Crippen molar-refractivity contribution in [3.8, 4) is 0 Å². The molecule has 5 nitrogen and oxygen atoms in total. The number of amides is 1. The van der Waals surface area contributed by atoms with Crippen LogP contribution in [0.4, 0.5) is 4.79 Å². The summed E-state index contributed by atoms with van der Waals surface area (Å²) in [6, 6.07) is 5.53. The molecule has 0 heterocycles. The third kappa shape index (κ3) is 6.34. The van der Waals surface area contributed by atoms with E-state index in [1.807, 2.05) is 19.1 Å². The van der Waals surface area contributed by atoms with Crippen LogP contribution < -0.4 is 5.32 Å². The van der Waals surface area contributed by atoms with Crippen LogP contribution in [0.15, 0.2) is 22.7 Å². The van der Waals surface area contributed by atoms with E-state index in [2.05, 4.69) is 21.2 Å². The molecule has 0 bridgehead atoms. The van der Waals surface area contributed by atoms with Crippen molar-refractivity contribution < 1.29 is 19.7 Å². The first kappa shape index (κ1) is 18.9. The normalized spacial score (nSPS) is 14.3. The van der Waals surface area contributed by atoms with Gasteiger partial charge in [-0.3, -0.25) is 0 Å². The van der Waals surface area contributed by atoms with Crippen LogP contribution in [0.25, 0.3) is 0 Å². The molecule has 1 amide bonds. The number of aliphatic hydroxyl groups excluding tert-OH is 2. The quantitative estimate of drug-likeness (QED) is 0.740. The molecule has 0 spiro atoms. The number of hydrogen-bond acceptors (Lipinski definition) is 4. The lowest BCUT2D eigenvalue weighted by Crippen LogP contribution is -2.34. The minimum absolute atomic E-state index is 0.222. The highest BCUT2D eigenvalue weighted by Gasteiger charge is 2.21. The van der Waals surface area contributed by atoms with Crippen molar-refractivity contribution in [1.29, 1.82) is 0 Å². The molecule has 2 unspecified atom stereocenters. The van der Waals surface area contributed by atoms with E-state index in [9.17, 15) is 15.0 Å². The Bertz CT molecular complexity index is 513. The fraction of sp³-hybridized carbons (Fsp3) is 0.562. The van der Waals surface area contributed by atoms with Gasteiger partial charge >= 0.3 is 6.09 Å². The fourth-order valence-corrected chi connectivity index (χ4v) is 2.31. The zero-order valence-electron chi connectivity index (χ0n) is 13.4. The summed E-state index contributed by atoms with van der Waals surface area (Å²) >= 11 is 3.35. The highest BCUT2D eigenvalue weighted by atomic mass is 79.9. The van der Waals surface area contributed by atoms with Gasteiger partial charge in [-0.1, -0.05) is 22.0 Å². The molecule has 3 N–H and O–H groups in total. The summed E-state index contributed by atoms with van der Waals surface area (Å²) in [7, 11) is 0. The van der Waals surface area contributed by atoms with E-state index in [0.717, 1.165) is 10.0 Å². The van der Waals surface area contributed by atoms with E-state index < -0.39 is 23.9 Å². The van der Waals surface area contributed by atoms with Crippen molar-refractivity contribution in [3.63, 3.8) is 0 Å². The highest BCUT2D eigenvalue weighted by Crippen LogP contribution is 2.25. The zero-order chi connectivity index (χ0) is 16.9. The van der Waals surface area contributed by atoms with Crippen LogP contribution in [0.5, 0.6) is 0 Å². The Morgan fingerprint density at radius 2 is 2.00 bits per heavy atom. The van der Waals surface area contributed by atoms with Gasteiger partial charge < -0.3 is 20.3 Å². The molecule has 0 saturated carbocycles. The minimum Gasteiger partial charge on any atom is -0.444 e. The predicted molar refractivity (Wildman–Crippen MR) is 88.7 cm³/mol. The third-order valence-electron chi connectivity index (χ3n) is 3.03. The Morgan fingerprint density at radius 3 is 2.59 bits per heavy atom. The smallest absolute Gasteiger partial charge is 0.407 e. The molecular formula is C16H24BrNO4. The zero-order valence-corrected chi connectivity index (χ0v) is 15.0. The number of benzene rings is 1. The van der Waals surface area contributed by atoms with Crippen LogP contribution in [-0.2, 0) is 4.74 Å². The topological polar surface area (TPSA) is 78.8 Å². The summed E-state index contributed by atoms with van der Waals surface area (Å²) in [5, 5.41) is 22.9. The average Bonchev–Trinajstić information content (AvgIpc) is 2.38. The molecule has 0 aliphatic rings. The van der Waals surface area contributed by atoms with Crippen molar-refractivity contribution in [1.82, 2.24) is 5.32 Å². The molecule has 6 heteroatoms. The summed E-state index contributed by atoms with van der Waals surface area (Å²) in [5.41, 5.74) is 1.00. The first-order valence-electron chi connectivity index (χ1n) is 7.19. The molecule has 124 valence electrons. The molecule has 1 rings (SSSR count). The van der Waals surface area contributed by atoms with Gasteiger partial charge in [-0.05, 0) is 57.4 Å². The maximum absolute atomic E-state index is 11.5.